The molecule has 0 unspecified atom stereocenters. The minimum Gasteiger partial charge on any atom is -0.338 e. The van der Waals surface area contributed by atoms with Crippen molar-refractivity contribution in [1.29, 1.82) is 0 Å². The molecule has 0 saturated heterocycles. The Morgan fingerprint density at radius 1 is 1.33 bits per heavy atom. The van der Waals surface area contributed by atoms with Gasteiger partial charge in [-0.2, -0.15) is 0 Å². The molecular weight excluding hydrogens is 216 g/mol. The molecule has 0 amide bonds. The molecule has 0 fully saturated rings. The fourth-order valence-corrected chi connectivity index (χ4v) is 1.52. The summed E-state index contributed by atoms with van der Waals surface area (Å²) in [7, 11) is 2.96. The zero-order chi connectivity index (χ0) is 11.2. The van der Waals surface area contributed by atoms with Gasteiger partial charge in [0.05, 0.1) is 6.20 Å². The van der Waals surface area contributed by atoms with Crippen LogP contribution in [0.2, 0.25) is 0 Å². The molecule has 7 heteroatoms. The van der Waals surface area contributed by atoms with Gasteiger partial charge >= 0.3 is 5.69 Å². The summed E-state index contributed by atoms with van der Waals surface area (Å²) in [6.07, 6.45) is 1.40. The third-order valence-electron chi connectivity index (χ3n) is 2.19. The highest BCUT2D eigenvalue weighted by molar-refractivity contribution is 7.71. The van der Waals surface area contributed by atoms with Gasteiger partial charge in [0.15, 0.2) is 5.65 Å². The monoisotopic (exact) mass is 224 g/mol. The summed E-state index contributed by atoms with van der Waals surface area (Å²) in [5.41, 5.74) is -0.290. The Hall–Kier alpha value is -1.76. The van der Waals surface area contributed by atoms with Gasteiger partial charge in [-0.25, -0.2) is 9.78 Å². The molecule has 15 heavy (non-hydrogen) atoms. The summed E-state index contributed by atoms with van der Waals surface area (Å²) in [4.78, 5) is 29.9. The predicted octanol–water partition coefficient (Wildman–Crippen LogP) is -0.310. The van der Waals surface area contributed by atoms with Crippen molar-refractivity contribution in [1.82, 2.24) is 19.1 Å². The minimum atomic E-state index is -0.424. The highest BCUT2D eigenvalue weighted by Crippen LogP contribution is 1.98. The summed E-state index contributed by atoms with van der Waals surface area (Å²) >= 11 is 4.86. The first kappa shape index (κ1) is 9.78. The van der Waals surface area contributed by atoms with E-state index in [1.807, 2.05) is 0 Å². The molecule has 2 rings (SSSR count). The molecule has 0 saturated carbocycles. The number of aryl methyl sites for hydroxylation is 1. The van der Waals surface area contributed by atoms with Crippen LogP contribution in [0.25, 0.3) is 11.2 Å². The Bertz CT molecular complexity index is 709. The molecule has 0 bridgehead atoms. The lowest BCUT2D eigenvalue weighted by Gasteiger charge is -2.05. The molecule has 0 aromatic carbocycles. The normalized spacial score (nSPS) is 10.8. The first-order chi connectivity index (χ1) is 7.02. The Morgan fingerprint density at radius 3 is 2.67 bits per heavy atom. The van der Waals surface area contributed by atoms with Crippen LogP contribution in [0.3, 0.4) is 0 Å². The van der Waals surface area contributed by atoms with Crippen molar-refractivity contribution >= 4 is 23.4 Å². The number of H-pyrrole nitrogens is 1. The van der Waals surface area contributed by atoms with Crippen molar-refractivity contribution in [3.63, 3.8) is 0 Å². The van der Waals surface area contributed by atoms with E-state index in [2.05, 4.69) is 9.97 Å². The Balaban J connectivity index is 3.22. The quantitative estimate of drug-likeness (QED) is 0.623. The largest absolute Gasteiger partial charge is 0.338 e. The average Bonchev–Trinajstić information content (AvgIpc) is 2.23. The molecule has 0 aliphatic carbocycles. The van der Waals surface area contributed by atoms with Gasteiger partial charge in [0, 0.05) is 14.1 Å². The predicted molar refractivity (Wildman–Crippen MR) is 57.4 cm³/mol. The van der Waals surface area contributed by atoms with Crippen LogP contribution >= 0.6 is 12.2 Å². The van der Waals surface area contributed by atoms with Crippen LogP contribution in [0.1, 0.15) is 0 Å². The number of nitrogens with one attached hydrogen (secondary N) is 1. The van der Waals surface area contributed by atoms with E-state index in [1.165, 1.54) is 17.8 Å². The molecule has 2 heterocycles. The first-order valence-electron chi connectivity index (χ1n) is 4.17. The maximum absolute atomic E-state index is 11.7. The second-order valence-electron chi connectivity index (χ2n) is 3.15. The number of fused-ring (bicyclic) bond motifs is 1. The average molecular weight is 224 g/mol. The topological polar surface area (TPSA) is 72.7 Å². The fraction of sp³-hybridized carbons (Fsp3) is 0.250. The van der Waals surface area contributed by atoms with Gasteiger partial charge in [-0.3, -0.25) is 13.9 Å². The second-order valence-corrected chi connectivity index (χ2v) is 3.59. The highest BCUT2D eigenvalue weighted by Gasteiger charge is 2.08. The van der Waals surface area contributed by atoms with Crippen LogP contribution in [0.4, 0.5) is 0 Å². The molecule has 0 radical (unpaired) electrons. The van der Waals surface area contributed by atoms with Gasteiger partial charge in [-0.05, 0) is 0 Å². The lowest BCUT2D eigenvalue weighted by molar-refractivity contribution is 0.704. The smallest absolute Gasteiger partial charge is 0.332 e. The summed E-state index contributed by atoms with van der Waals surface area (Å²) in [6, 6.07) is 0. The number of aromatic amines is 1. The van der Waals surface area contributed by atoms with E-state index in [1.54, 1.807) is 7.05 Å². The standard InChI is InChI=1S/C8H8N4O2S/c1-11-6-5(10-4(15)3-9-6)7(13)12(2)8(11)14/h3H,1-2H3,(H,10,15). The minimum absolute atomic E-state index is 0.243. The molecule has 0 aliphatic rings. The lowest BCUT2D eigenvalue weighted by Crippen LogP contribution is -2.37. The van der Waals surface area contributed by atoms with Crippen molar-refractivity contribution in [2.24, 2.45) is 14.1 Å². The van der Waals surface area contributed by atoms with Crippen molar-refractivity contribution in [3.05, 3.63) is 31.7 Å². The van der Waals surface area contributed by atoms with Crippen molar-refractivity contribution in [2.45, 2.75) is 0 Å². The zero-order valence-electron chi connectivity index (χ0n) is 8.14. The van der Waals surface area contributed by atoms with E-state index in [4.69, 9.17) is 12.2 Å². The van der Waals surface area contributed by atoms with Crippen LogP contribution < -0.4 is 11.2 Å². The van der Waals surface area contributed by atoms with Crippen molar-refractivity contribution in [2.75, 3.05) is 0 Å². The summed E-state index contributed by atoms with van der Waals surface area (Å²) in [6.45, 7) is 0. The Labute approximate surface area is 88.8 Å². The molecule has 78 valence electrons. The van der Waals surface area contributed by atoms with E-state index in [0.29, 0.717) is 10.3 Å². The van der Waals surface area contributed by atoms with E-state index in [9.17, 15) is 9.59 Å². The maximum atomic E-state index is 11.7. The lowest BCUT2D eigenvalue weighted by atomic mass is 10.5. The Kier molecular flexibility index (Phi) is 2.04. The summed E-state index contributed by atoms with van der Waals surface area (Å²) < 4.78 is 2.66. The summed E-state index contributed by atoms with van der Waals surface area (Å²) in [5, 5.41) is 0. The molecular formula is C8H8N4O2S. The van der Waals surface area contributed by atoms with Gasteiger partial charge < -0.3 is 4.98 Å². The van der Waals surface area contributed by atoms with Crippen LogP contribution in [0.15, 0.2) is 15.8 Å². The third kappa shape index (κ3) is 1.32. The third-order valence-corrected chi connectivity index (χ3v) is 2.39. The van der Waals surface area contributed by atoms with Crippen LogP contribution in [0.5, 0.6) is 0 Å². The number of hydrogen-bond donors (Lipinski definition) is 1. The van der Waals surface area contributed by atoms with Gasteiger partial charge in [0.2, 0.25) is 0 Å². The fourth-order valence-electron chi connectivity index (χ4n) is 1.37. The van der Waals surface area contributed by atoms with E-state index >= 15 is 0 Å². The van der Waals surface area contributed by atoms with Crippen molar-refractivity contribution < 1.29 is 0 Å². The first-order valence-corrected chi connectivity index (χ1v) is 4.58. The van der Waals surface area contributed by atoms with Crippen molar-refractivity contribution in [3.8, 4) is 0 Å². The van der Waals surface area contributed by atoms with E-state index in [0.717, 1.165) is 4.57 Å². The zero-order valence-corrected chi connectivity index (χ0v) is 8.96. The molecule has 0 spiro atoms. The molecule has 0 aliphatic heterocycles. The van der Waals surface area contributed by atoms with Gasteiger partial charge in [0.1, 0.15) is 10.2 Å². The van der Waals surface area contributed by atoms with Crippen LogP contribution in [0, 0.1) is 4.64 Å². The van der Waals surface area contributed by atoms with Gasteiger partial charge in [-0.1, -0.05) is 12.2 Å². The van der Waals surface area contributed by atoms with Crippen LogP contribution in [-0.4, -0.2) is 19.1 Å². The Morgan fingerprint density at radius 2 is 2.00 bits per heavy atom. The van der Waals surface area contributed by atoms with Gasteiger partial charge in [-0.15, -0.1) is 0 Å². The number of hydrogen-bond acceptors (Lipinski definition) is 4. The van der Waals surface area contributed by atoms with E-state index < -0.39 is 11.2 Å². The SMILES string of the molecule is Cn1c(=O)c2[nH]c(=S)cnc2n(C)c1=O. The molecule has 6 nitrogen and oxygen atoms in total. The number of nitrogens with zero attached hydrogens (tertiary/aromatic N) is 3. The van der Waals surface area contributed by atoms with Gasteiger partial charge in [0.25, 0.3) is 5.56 Å². The summed E-state index contributed by atoms with van der Waals surface area (Å²) in [5.74, 6) is 0. The maximum Gasteiger partial charge on any atom is 0.332 e. The van der Waals surface area contributed by atoms with E-state index in [-0.39, 0.29) is 5.52 Å². The molecule has 1 N–H and O–H groups in total. The molecule has 2 aromatic rings. The molecule has 2 aromatic heterocycles. The highest BCUT2D eigenvalue weighted by atomic mass is 32.1. The number of aromatic nitrogens is 4. The molecule has 0 atom stereocenters. The second kappa shape index (κ2) is 3.13. The van der Waals surface area contributed by atoms with Crippen LogP contribution in [-0.2, 0) is 14.1 Å². The number of rotatable bonds is 0.